The molecule has 0 unspecified atom stereocenters. The van der Waals surface area contributed by atoms with Gasteiger partial charge in [-0.25, -0.2) is 0 Å². The molecule has 0 spiro atoms. The lowest BCUT2D eigenvalue weighted by Crippen LogP contribution is -2.34. The molecular formula is C21H20F3N3O3. The Labute approximate surface area is 171 Å². The fourth-order valence-corrected chi connectivity index (χ4v) is 3.16. The molecular weight excluding hydrogens is 399 g/mol. The van der Waals surface area contributed by atoms with E-state index in [0.29, 0.717) is 25.1 Å². The van der Waals surface area contributed by atoms with Crippen molar-refractivity contribution in [3.63, 3.8) is 0 Å². The molecule has 0 aliphatic carbocycles. The van der Waals surface area contributed by atoms with Crippen LogP contribution in [-0.4, -0.2) is 41.9 Å². The van der Waals surface area contributed by atoms with E-state index < -0.39 is 24.5 Å². The number of hydrogen-bond acceptors (Lipinski definition) is 3. The molecule has 1 aliphatic heterocycles. The molecule has 2 N–H and O–H groups in total. The van der Waals surface area contributed by atoms with Crippen LogP contribution in [-0.2, 0) is 11.3 Å². The van der Waals surface area contributed by atoms with Crippen LogP contribution in [0.2, 0.25) is 0 Å². The molecule has 0 bridgehead atoms. The van der Waals surface area contributed by atoms with Gasteiger partial charge in [0.1, 0.15) is 6.54 Å². The van der Waals surface area contributed by atoms with E-state index in [0.717, 1.165) is 12.0 Å². The second-order valence-corrected chi connectivity index (χ2v) is 6.92. The summed E-state index contributed by atoms with van der Waals surface area (Å²) in [7, 11) is 0. The molecule has 1 fully saturated rings. The minimum Gasteiger partial charge on any atom is -0.343 e. The van der Waals surface area contributed by atoms with Crippen molar-refractivity contribution in [3.8, 4) is 0 Å². The number of carbonyl (C=O) groups is 3. The highest BCUT2D eigenvalue weighted by atomic mass is 19.4. The summed E-state index contributed by atoms with van der Waals surface area (Å²) in [6, 6.07) is 12.5. The maximum atomic E-state index is 12.7. The van der Waals surface area contributed by atoms with Gasteiger partial charge in [-0.2, -0.15) is 13.2 Å². The number of nitrogens with one attached hydrogen (secondary N) is 2. The highest BCUT2D eigenvalue weighted by Crippen LogP contribution is 2.19. The molecule has 0 radical (unpaired) electrons. The quantitative estimate of drug-likeness (QED) is 0.754. The summed E-state index contributed by atoms with van der Waals surface area (Å²) in [5, 5.41) is 4.37. The highest BCUT2D eigenvalue weighted by Gasteiger charge is 2.28. The van der Waals surface area contributed by atoms with Crippen LogP contribution < -0.4 is 10.6 Å². The van der Waals surface area contributed by atoms with E-state index >= 15 is 0 Å². The molecule has 6 nitrogen and oxygen atoms in total. The fourth-order valence-electron chi connectivity index (χ4n) is 3.16. The minimum atomic E-state index is -4.54. The predicted octanol–water partition coefficient (Wildman–Crippen LogP) is 3.35. The van der Waals surface area contributed by atoms with Gasteiger partial charge >= 0.3 is 6.18 Å². The molecule has 30 heavy (non-hydrogen) atoms. The van der Waals surface area contributed by atoms with Gasteiger partial charge in [0.15, 0.2) is 0 Å². The molecule has 3 amide bonds. The van der Waals surface area contributed by atoms with Crippen molar-refractivity contribution in [2.45, 2.75) is 25.6 Å². The molecule has 0 atom stereocenters. The minimum absolute atomic E-state index is 0.0728. The van der Waals surface area contributed by atoms with Gasteiger partial charge in [0.25, 0.3) is 11.8 Å². The molecule has 1 aliphatic rings. The molecule has 1 heterocycles. The van der Waals surface area contributed by atoms with Gasteiger partial charge in [0, 0.05) is 25.1 Å². The number of alkyl halides is 3. The predicted molar refractivity (Wildman–Crippen MR) is 104 cm³/mol. The van der Waals surface area contributed by atoms with Gasteiger partial charge in [-0.3, -0.25) is 14.4 Å². The zero-order valence-electron chi connectivity index (χ0n) is 16.0. The number of amides is 3. The monoisotopic (exact) mass is 419 g/mol. The third kappa shape index (κ3) is 5.59. The molecule has 0 aromatic heterocycles. The van der Waals surface area contributed by atoms with Crippen LogP contribution in [0, 0.1) is 0 Å². The summed E-state index contributed by atoms with van der Waals surface area (Å²) in [5.74, 6) is -1.38. The summed E-state index contributed by atoms with van der Waals surface area (Å²) in [6.45, 7) is -0.391. The fraction of sp³-hybridized carbons (Fsp3) is 0.286. The Kier molecular flexibility index (Phi) is 6.39. The molecule has 9 heteroatoms. The Bertz CT molecular complexity index is 960. The second-order valence-electron chi connectivity index (χ2n) is 6.92. The van der Waals surface area contributed by atoms with Crippen LogP contribution >= 0.6 is 0 Å². The Morgan fingerprint density at radius 1 is 1.03 bits per heavy atom. The number of carbonyl (C=O) groups excluding carboxylic acids is 3. The first-order valence-electron chi connectivity index (χ1n) is 9.35. The van der Waals surface area contributed by atoms with E-state index in [9.17, 15) is 27.6 Å². The van der Waals surface area contributed by atoms with E-state index in [1.165, 1.54) is 18.2 Å². The summed E-state index contributed by atoms with van der Waals surface area (Å²) in [4.78, 5) is 38.3. The molecule has 2 aromatic rings. The Morgan fingerprint density at radius 3 is 2.50 bits per heavy atom. The lowest BCUT2D eigenvalue weighted by molar-refractivity contribution is -0.128. The zero-order chi connectivity index (χ0) is 21.7. The average molecular weight is 419 g/mol. The van der Waals surface area contributed by atoms with Crippen LogP contribution in [0.15, 0.2) is 48.5 Å². The Hall–Kier alpha value is -3.36. The first kappa shape index (κ1) is 21.4. The second kappa shape index (κ2) is 8.98. The van der Waals surface area contributed by atoms with Gasteiger partial charge in [0.05, 0.1) is 11.3 Å². The van der Waals surface area contributed by atoms with Crippen molar-refractivity contribution in [2.75, 3.05) is 18.4 Å². The largest absolute Gasteiger partial charge is 0.405 e. The maximum absolute atomic E-state index is 12.7. The number of rotatable bonds is 6. The van der Waals surface area contributed by atoms with Crippen LogP contribution in [0.4, 0.5) is 18.9 Å². The van der Waals surface area contributed by atoms with E-state index in [1.807, 2.05) is 0 Å². The van der Waals surface area contributed by atoms with Crippen molar-refractivity contribution >= 4 is 23.4 Å². The van der Waals surface area contributed by atoms with Gasteiger partial charge < -0.3 is 15.5 Å². The van der Waals surface area contributed by atoms with Gasteiger partial charge in [-0.1, -0.05) is 24.3 Å². The van der Waals surface area contributed by atoms with Crippen LogP contribution in [0.3, 0.4) is 0 Å². The Balaban J connectivity index is 1.71. The number of para-hydroxylation sites is 1. The van der Waals surface area contributed by atoms with Gasteiger partial charge in [0.2, 0.25) is 5.91 Å². The normalized spacial score (nSPS) is 14.0. The van der Waals surface area contributed by atoms with Crippen LogP contribution in [0.5, 0.6) is 0 Å². The number of hydrogen-bond donors (Lipinski definition) is 2. The van der Waals surface area contributed by atoms with Gasteiger partial charge in [-0.15, -0.1) is 0 Å². The van der Waals surface area contributed by atoms with Crippen LogP contribution in [0.1, 0.15) is 39.1 Å². The molecule has 1 saturated heterocycles. The molecule has 3 rings (SSSR count). The van der Waals surface area contributed by atoms with Gasteiger partial charge in [-0.05, 0) is 36.2 Å². The van der Waals surface area contributed by atoms with Crippen molar-refractivity contribution < 1.29 is 27.6 Å². The summed E-state index contributed by atoms with van der Waals surface area (Å²) in [6.07, 6.45) is -3.20. The number of halogens is 3. The smallest absolute Gasteiger partial charge is 0.343 e. The lowest BCUT2D eigenvalue weighted by atomic mass is 10.1. The van der Waals surface area contributed by atoms with E-state index in [2.05, 4.69) is 5.32 Å². The molecule has 158 valence electrons. The summed E-state index contributed by atoms with van der Waals surface area (Å²) >= 11 is 0. The summed E-state index contributed by atoms with van der Waals surface area (Å²) in [5.41, 5.74) is 1.12. The van der Waals surface area contributed by atoms with Crippen molar-refractivity contribution in [3.05, 3.63) is 65.2 Å². The molecule has 2 aromatic carbocycles. The topological polar surface area (TPSA) is 78.5 Å². The zero-order valence-corrected chi connectivity index (χ0v) is 16.0. The number of likely N-dealkylation sites (tertiary alicyclic amines) is 1. The number of anilines is 1. The van der Waals surface area contributed by atoms with E-state index in [4.69, 9.17) is 0 Å². The molecule has 0 saturated carbocycles. The average Bonchev–Trinajstić information content (AvgIpc) is 3.10. The standard InChI is InChI=1S/C21H20F3N3O3/c22-21(23,24)13-25-20(30)16-7-1-2-8-17(16)26-19(29)15-6-3-5-14(11-15)12-27-10-4-9-18(27)28/h1-3,5-8,11H,4,9-10,12-13H2,(H,25,30)(H,26,29). The lowest BCUT2D eigenvalue weighted by Gasteiger charge is -2.16. The third-order valence-corrected chi connectivity index (χ3v) is 4.60. The van der Waals surface area contributed by atoms with Crippen molar-refractivity contribution in [2.24, 2.45) is 0 Å². The highest BCUT2D eigenvalue weighted by molar-refractivity contribution is 6.09. The third-order valence-electron chi connectivity index (χ3n) is 4.60. The van der Waals surface area contributed by atoms with Crippen molar-refractivity contribution in [1.82, 2.24) is 10.2 Å². The van der Waals surface area contributed by atoms with E-state index in [1.54, 1.807) is 40.5 Å². The summed E-state index contributed by atoms with van der Waals surface area (Å²) < 4.78 is 37.1. The van der Waals surface area contributed by atoms with E-state index in [-0.39, 0.29) is 17.2 Å². The number of benzene rings is 2. The Morgan fingerprint density at radius 2 is 1.80 bits per heavy atom. The maximum Gasteiger partial charge on any atom is 0.405 e. The number of nitrogens with zero attached hydrogens (tertiary/aromatic N) is 1. The first-order valence-corrected chi connectivity index (χ1v) is 9.35. The van der Waals surface area contributed by atoms with Crippen LogP contribution in [0.25, 0.3) is 0 Å². The SMILES string of the molecule is O=C(Nc1ccccc1C(=O)NCC(F)(F)F)c1cccc(CN2CCCC2=O)c1. The van der Waals surface area contributed by atoms with Crippen molar-refractivity contribution in [1.29, 1.82) is 0 Å². The first-order chi connectivity index (χ1) is 14.2.